The van der Waals surface area contributed by atoms with E-state index in [4.69, 9.17) is 0 Å². The Kier molecular flexibility index (Phi) is 2.41. The van der Waals surface area contributed by atoms with Crippen LogP contribution in [-0.4, -0.2) is 0 Å². The Bertz CT molecular complexity index is 553. The molecular weight excluding hydrogens is 260 g/mol. The van der Waals surface area contributed by atoms with Crippen LogP contribution in [0.3, 0.4) is 0 Å². The lowest BCUT2D eigenvalue weighted by Crippen LogP contribution is -1.86. The SMILES string of the molecule is Brc1cc2c(cc1-c1ccccc1)CC=C2. The van der Waals surface area contributed by atoms with E-state index in [-0.39, 0.29) is 0 Å². The molecule has 0 radical (unpaired) electrons. The molecule has 0 unspecified atom stereocenters. The molecule has 0 N–H and O–H groups in total. The molecule has 1 aliphatic rings. The van der Waals surface area contributed by atoms with Crippen molar-refractivity contribution < 1.29 is 0 Å². The van der Waals surface area contributed by atoms with Gasteiger partial charge >= 0.3 is 0 Å². The van der Waals surface area contributed by atoms with Crippen LogP contribution in [0.4, 0.5) is 0 Å². The summed E-state index contributed by atoms with van der Waals surface area (Å²) in [6.45, 7) is 0. The minimum absolute atomic E-state index is 1.06. The summed E-state index contributed by atoms with van der Waals surface area (Å²) in [6.07, 6.45) is 5.46. The highest BCUT2D eigenvalue weighted by Crippen LogP contribution is 2.33. The zero-order chi connectivity index (χ0) is 11.0. The number of rotatable bonds is 1. The van der Waals surface area contributed by atoms with Gasteiger partial charge in [0.05, 0.1) is 0 Å². The van der Waals surface area contributed by atoms with Gasteiger partial charge in [0.15, 0.2) is 0 Å². The van der Waals surface area contributed by atoms with Gasteiger partial charge in [-0.15, -0.1) is 0 Å². The summed E-state index contributed by atoms with van der Waals surface area (Å²) in [7, 11) is 0. The zero-order valence-corrected chi connectivity index (χ0v) is 10.4. The predicted molar refractivity (Wildman–Crippen MR) is 72.3 cm³/mol. The fourth-order valence-corrected chi connectivity index (χ4v) is 2.71. The van der Waals surface area contributed by atoms with Gasteiger partial charge in [-0.3, -0.25) is 0 Å². The van der Waals surface area contributed by atoms with E-state index in [0.717, 1.165) is 6.42 Å². The second-order valence-electron chi connectivity index (χ2n) is 4.00. The van der Waals surface area contributed by atoms with E-state index in [9.17, 15) is 0 Å². The number of fused-ring (bicyclic) bond motifs is 1. The molecule has 3 rings (SSSR count). The molecule has 16 heavy (non-hydrogen) atoms. The van der Waals surface area contributed by atoms with Crippen LogP contribution >= 0.6 is 15.9 Å². The smallest absolute Gasteiger partial charge is 0.0259 e. The summed E-state index contributed by atoms with van der Waals surface area (Å²) >= 11 is 3.65. The van der Waals surface area contributed by atoms with Crippen LogP contribution < -0.4 is 0 Å². The third-order valence-electron chi connectivity index (χ3n) is 2.95. The lowest BCUT2D eigenvalue weighted by molar-refractivity contribution is 1.31. The van der Waals surface area contributed by atoms with Gasteiger partial charge in [0.2, 0.25) is 0 Å². The largest absolute Gasteiger partial charge is 0.0795 e. The van der Waals surface area contributed by atoms with Gasteiger partial charge in [0, 0.05) is 4.47 Å². The lowest BCUT2D eigenvalue weighted by Gasteiger charge is -2.08. The van der Waals surface area contributed by atoms with Crippen molar-refractivity contribution in [1.29, 1.82) is 0 Å². The fraction of sp³-hybridized carbons (Fsp3) is 0.0667. The summed E-state index contributed by atoms with van der Waals surface area (Å²) in [5, 5.41) is 0. The van der Waals surface area contributed by atoms with E-state index in [1.807, 2.05) is 6.07 Å². The number of hydrogen-bond acceptors (Lipinski definition) is 0. The first-order chi connectivity index (χ1) is 7.84. The molecule has 0 nitrogen and oxygen atoms in total. The molecule has 0 atom stereocenters. The Morgan fingerprint density at radius 2 is 1.81 bits per heavy atom. The third-order valence-corrected chi connectivity index (χ3v) is 3.60. The first-order valence-corrected chi connectivity index (χ1v) is 6.18. The van der Waals surface area contributed by atoms with Crippen molar-refractivity contribution in [2.24, 2.45) is 0 Å². The summed E-state index contributed by atoms with van der Waals surface area (Å²) in [5.41, 5.74) is 5.31. The maximum atomic E-state index is 3.65. The highest BCUT2D eigenvalue weighted by Gasteiger charge is 2.10. The first-order valence-electron chi connectivity index (χ1n) is 5.39. The molecule has 0 spiro atoms. The van der Waals surface area contributed by atoms with Crippen molar-refractivity contribution in [3.8, 4) is 11.1 Å². The van der Waals surface area contributed by atoms with E-state index in [0.29, 0.717) is 0 Å². The zero-order valence-electron chi connectivity index (χ0n) is 8.78. The van der Waals surface area contributed by atoms with E-state index in [2.05, 4.69) is 64.5 Å². The van der Waals surface area contributed by atoms with Gasteiger partial charge in [-0.1, -0.05) is 58.4 Å². The van der Waals surface area contributed by atoms with Crippen molar-refractivity contribution in [2.75, 3.05) is 0 Å². The topological polar surface area (TPSA) is 0 Å². The maximum absolute atomic E-state index is 3.65. The maximum Gasteiger partial charge on any atom is 0.0259 e. The average molecular weight is 271 g/mol. The quantitative estimate of drug-likeness (QED) is 0.706. The van der Waals surface area contributed by atoms with Gasteiger partial charge in [0.1, 0.15) is 0 Å². The van der Waals surface area contributed by atoms with Crippen molar-refractivity contribution in [3.05, 3.63) is 64.1 Å². The van der Waals surface area contributed by atoms with Gasteiger partial charge in [-0.05, 0) is 40.8 Å². The van der Waals surface area contributed by atoms with Crippen molar-refractivity contribution in [3.63, 3.8) is 0 Å². The van der Waals surface area contributed by atoms with Crippen LogP contribution in [0.2, 0.25) is 0 Å². The molecular formula is C15H11Br. The molecule has 2 aromatic carbocycles. The average Bonchev–Trinajstić information content (AvgIpc) is 2.76. The molecule has 0 aliphatic heterocycles. The van der Waals surface area contributed by atoms with Gasteiger partial charge in [-0.25, -0.2) is 0 Å². The molecule has 1 heteroatoms. The normalized spacial score (nSPS) is 12.8. The van der Waals surface area contributed by atoms with Crippen molar-refractivity contribution in [2.45, 2.75) is 6.42 Å². The van der Waals surface area contributed by atoms with E-state index in [1.165, 1.54) is 26.7 Å². The minimum Gasteiger partial charge on any atom is -0.0795 e. The predicted octanol–water partition coefficient (Wildman–Crippen LogP) is 4.69. The van der Waals surface area contributed by atoms with Crippen LogP contribution in [0.5, 0.6) is 0 Å². The second-order valence-corrected chi connectivity index (χ2v) is 4.86. The van der Waals surface area contributed by atoms with E-state index >= 15 is 0 Å². The molecule has 0 aromatic heterocycles. The van der Waals surface area contributed by atoms with Crippen LogP contribution in [-0.2, 0) is 6.42 Å². The second kappa shape index (κ2) is 3.91. The number of hydrogen-bond donors (Lipinski definition) is 0. The van der Waals surface area contributed by atoms with Gasteiger partial charge in [0.25, 0.3) is 0 Å². The molecule has 0 heterocycles. The summed E-state index contributed by atoms with van der Waals surface area (Å²) in [5.74, 6) is 0. The molecule has 78 valence electrons. The molecule has 0 amide bonds. The van der Waals surface area contributed by atoms with Crippen LogP contribution in [0, 0.1) is 0 Å². The Balaban J connectivity index is 2.17. The number of benzene rings is 2. The van der Waals surface area contributed by atoms with Crippen molar-refractivity contribution >= 4 is 22.0 Å². The van der Waals surface area contributed by atoms with Crippen LogP contribution in [0.25, 0.3) is 17.2 Å². The van der Waals surface area contributed by atoms with E-state index < -0.39 is 0 Å². The Hall–Kier alpha value is -1.34. The summed E-state index contributed by atoms with van der Waals surface area (Å²) in [4.78, 5) is 0. The molecule has 0 bridgehead atoms. The number of allylic oxidation sites excluding steroid dienone is 1. The fourth-order valence-electron chi connectivity index (χ4n) is 2.12. The molecule has 2 aromatic rings. The van der Waals surface area contributed by atoms with Gasteiger partial charge < -0.3 is 0 Å². The molecule has 0 fully saturated rings. The molecule has 0 saturated carbocycles. The third kappa shape index (κ3) is 1.61. The molecule has 0 saturated heterocycles. The molecule has 1 aliphatic carbocycles. The minimum atomic E-state index is 1.06. The van der Waals surface area contributed by atoms with Crippen molar-refractivity contribution in [1.82, 2.24) is 0 Å². The standard InChI is InChI=1S/C15H11Br/c16-15-10-13-8-4-7-12(13)9-14(15)11-5-2-1-3-6-11/h1-6,8-10H,7H2. The summed E-state index contributed by atoms with van der Waals surface area (Å²) < 4.78 is 1.17. The van der Waals surface area contributed by atoms with E-state index in [1.54, 1.807) is 0 Å². The summed E-state index contributed by atoms with van der Waals surface area (Å²) in [6, 6.07) is 15.0. The highest BCUT2D eigenvalue weighted by atomic mass is 79.9. The number of halogens is 1. The first kappa shape index (κ1) is 9.86. The van der Waals surface area contributed by atoms with Gasteiger partial charge in [-0.2, -0.15) is 0 Å². The lowest BCUT2D eigenvalue weighted by atomic mass is 10.0. The van der Waals surface area contributed by atoms with Crippen LogP contribution in [0.15, 0.2) is 53.0 Å². The van der Waals surface area contributed by atoms with Crippen LogP contribution in [0.1, 0.15) is 11.1 Å². The Labute approximate surface area is 104 Å². The Morgan fingerprint density at radius 3 is 2.62 bits per heavy atom. The highest BCUT2D eigenvalue weighted by molar-refractivity contribution is 9.10. The monoisotopic (exact) mass is 270 g/mol. The Morgan fingerprint density at radius 1 is 1.00 bits per heavy atom.